The molecule has 2 unspecified atom stereocenters. The van der Waals surface area contributed by atoms with E-state index in [1.807, 2.05) is 38.1 Å². The molecule has 7 heteroatoms. The number of nitrogens with zero attached hydrogens (tertiary/aromatic N) is 2. The van der Waals surface area contributed by atoms with Gasteiger partial charge in [-0.3, -0.25) is 4.79 Å². The average molecular weight is 748 g/mol. The number of nitrogens with one attached hydrogen (secondary N) is 1. The van der Waals surface area contributed by atoms with Gasteiger partial charge in [0.1, 0.15) is 23.1 Å². The van der Waals surface area contributed by atoms with Crippen molar-refractivity contribution in [2.45, 2.75) is 106 Å². The summed E-state index contributed by atoms with van der Waals surface area (Å²) in [6.45, 7) is 22.1. The smallest absolute Gasteiger partial charge is 0.255 e. The van der Waals surface area contributed by atoms with Crippen molar-refractivity contribution in [2.75, 3.05) is 25.0 Å². The minimum Gasteiger partial charge on any atom is -0.507 e. The number of ether oxygens (including phenoxy) is 1. The van der Waals surface area contributed by atoms with Crippen molar-refractivity contribution in [1.82, 2.24) is 9.47 Å². The second-order valence-electron chi connectivity index (χ2n) is 15.4. The molecule has 1 aliphatic carbocycles. The lowest BCUT2D eigenvalue weighted by atomic mass is 9.76. The fourth-order valence-corrected chi connectivity index (χ4v) is 7.66. The van der Waals surface area contributed by atoms with Gasteiger partial charge in [-0.2, -0.15) is 0 Å². The summed E-state index contributed by atoms with van der Waals surface area (Å²) in [5, 5.41) is 15.3. The van der Waals surface area contributed by atoms with Crippen LogP contribution in [0.3, 0.4) is 0 Å². The number of aromatic nitrogens is 1. The van der Waals surface area contributed by atoms with Crippen LogP contribution in [0.5, 0.6) is 17.2 Å². The summed E-state index contributed by atoms with van der Waals surface area (Å²) in [5.74, 6) is 2.44. The topological polar surface area (TPSA) is 66.7 Å². The number of benzene rings is 4. The molecule has 1 amide bonds. The molecule has 55 heavy (non-hydrogen) atoms. The number of halogens is 1. The molecule has 0 saturated heterocycles. The summed E-state index contributed by atoms with van der Waals surface area (Å²) >= 11 is 0. The predicted octanol–water partition coefficient (Wildman–Crippen LogP) is 12.9. The summed E-state index contributed by atoms with van der Waals surface area (Å²) < 4.78 is 22.4. The first kappa shape index (κ1) is 41.5. The first-order valence-electron chi connectivity index (χ1n) is 20.6. The predicted molar refractivity (Wildman–Crippen MR) is 227 cm³/mol. The highest BCUT2D eigenvalue weighted by Gasteiger charge is 2.26. The van der Waals surface area contributed by atoms with E-state index in [-0.39, 0.29) is 23.4 Å². The quantitative estimate of drug-likeness (QED) is 0.105. The molecule has 4 aromatic carbocycles. The van der Waals surface area contributed by atoms with Crippen LogP contribution in [0.2, 0.25) is 0 Å². The van der Waals surface area contributed by atoms with Crippen molar-refractivity contribution >= 4 is 22.5 Å². The molecule has 1 aromatic heterocycles. The molecule has 1 heterocycles. The molecule has 2 atom stereocenters. The Balaban J connectivity index is 0.00000285. The number of carbonyl (C=O) groups excluding carboxylic acids is 1. The van der Waals surface area contributed by atoms with Gasteiger partial charge in [0, 0.05) is 52.6 Å². The van der Waals surface area contributed by atoms with Crippen molar-refractivity contribution in [3.63, 3.8) is 0 Å². The Hall–Kier alpha value is -4.62. The monoisotopic (exact) mass is 747 g/mol. The third kappa shape index (κ3) is 10.2. The van der Waals surface area contributed by atoms with Gasteiger partial charge in [0.2, 0.25) is 0 Å². The van der Waals surface area contributed by atoms with E-state index in [0.717, 1.165) is 61.7 Å². The summed E-state index contributed by atoms with van der Waals surface area (Å²) in [6, 6.07) is 23.1. The SMILES string of the molecule is CC.CCCN(CCC(C)CC)CC(C)Cn1c(C)c(C)c2cc(Oc3ccc(C(=O)Nc4cc(O)c(-c5ccc(F)cc5)c(C5CCC5)c4)cc3)ccc21. The molecule has 2 N–H and O–H groups in total. The Labute approximate surface area is 328 Å². The molecule has 0 radical (unpaired) electrons. The van der Waals surface area contributed by atoms with Crippen molar-refractivity contribution < 1.29 is 19.0 Å². The van der Waals surface area contributed by atoms with Gasteiger partial charge < -0.3 is 24.6 Å². The largest absolute Gasteiger partial charge is 0.507 e. The van der Waals surface area contributed by atoms with E-state index in [1.165, 1.54) is 60.1 Å². The maximum atomic E-state index is 13.6. The summed E-state index contributed by atoms with van der Waals surface area (Å²) in [7, 11) is 0. The Morgan fingerprint density at radius 2 is 1.62 bits per heavy atom. The van der Waals surface area contributed by atoms with Crippen LogP contribution in [0.1, 0.15) is 113 Å². The van der Waals surface area contributed by atoms with Crippen LogP contribution in [-0.2, 0) is 6.54 Å². The number of hydrogen-bond donors (Lipinski definition) is 2. The standard InChI is InChI=1S/C46H56FN3O3.C2H6/c1-7-23-49(24-22-30(3)8-2)28-31(4)29-50-33(6)32(5)41-27-40(20-21-43(41)50)53-39-18-14-36(15-19-39)46(52)48-38-25-42(34-10-9-11-34)45(44(51)26-38)35-12-16-37(47)17-13-35;1-2/h12-21,25-27,30-31,34,51H,7-11,22-24,28-29H2,1-6H3,(H,48,52);1-2H3. The lowest BCUT2D eigenvalue weighted by Crippen LogP contribution is -2.32. The van der Waals surface area contributed by atoms with Gasteiger partial charge >= 0.3 is 0 Å². The van der Waals surface area contributed by atoms with Crippen molar-refractivity contribution in [2.24, 2.45) is 11.8 Å². The van der Waals surface area contributed by atoms with Gasteiger partial charge in [0.25, 0.3) is 5.91 Å². The minimum absolute atomic E-state index is 0.0680. The Morgan fingerprint density at radius 1 is 0.927 bits per heavy atom. The summed E-state index contributed by atoms with van der Waals surface area (Å²) in [5.41, 5.74) is 7.23. The third-order valence-electron chi connectivity index (χ3n) is 11.3. The maximum absolute atomic E-state index is 13.6. The molecular weight excluding hydrogens is 686 g/mol. The lowest BCUT2D eigenvalue weighted by Gasteiger charge is -2.29. The van der Waals surface area contributed by atoms with Gasteiger partial charge in [-0.15, -0.1) is 0 Å². The van der Waals surface area contributed by atoms with Crippen molar-refractivity contribution in [3.05, 3.63) is 107 Å². The maximum Gasteiger partial charge on any atom is 0.255 e. The highest BCUT2D eigenvalue weighted by molar-refractivity contribution is 6.04. The lowest BCUT2D eigenvalue weighted by molar-refractivity contribution is 0.102. The Bertz CT molecular complexity index is 2010. The zero-order valence-electron chi connectivity index (χ0n) is 34.3. The fourth-order valence-electron chi connectivity index (χ4n) is 7.66. The molecule has 0 aliphatic heterocycles. The molecular formula is C48H62FN3O3. The zero-order chi connectivity index (χ0) is 39.6. The van der Waals surface area contributed by atoms with Crippen LogP contribution < -0.4 is 10.1 Å². The first-order valence-corrected chi connectivity index (χ1v) is 20.6. The fraction of sp³-hybridized carbons (Fsp3) is 0.438. The highest BCUT2D eigenvalue weighted by Crippen LogP contribution is 2.46. The Kier molecular flexibility index (Phi) is 14.6. The molecule has 1 fully saturated rings. The second-order valence-corrected chi connectivity index (χ2v) is 15.4. The number of hydrogen-bond acceptors (Lipinski definition) is 4. The normalized spacial score (nSPS) is 13.9. The average Bonchev–Trinajstić information content (AvgIpc) is 3.38. The van der Waals surface area contributed by atoms with Crippen molar-refractivity contribution in [3.8, 4) is 28.4 Å². The van der Waals surface area contributed by atoms with E-state index in [4.69, 9.17) is 4.74 Å². The molecule has 6 nitrogen and oxygen atoms in total. The van der Waals surface area contributed by atoms with Crippen LogP contribution in [0, 0.1) is 31.5 Å². The van der Waals surface area contributed by atoms with Crippen LogP contribution >= 0.6 is 0 Å². The van der Waals surface area contributed by atoms with Gasteiger partial charge in [-0.05, 0) is 148 Å². The molecule has 294 valence electrons. The van der Waals surface area contributed by atoms with E-state index in [1.54, 1.807) is 30.3 Å². The molecule has 5 aromatic rings. The molecule has 0 spiro atoms. The van der Waals surface area contributed by atoms with Crippen molar-refractivity contribution in [1.29, 1.82) is 0 Å². The number of phenolic OH excluding ortho intramolecular Hbond substituents is 1. The van der Waals surface area contributed by atoms with Gasteiger partial charge in [-0.25, -0.2) is 4.39 Å². The molecule has 0 bridgehead atoms. The number of aromatic hydroxyl groups is 1. The van der Waals surface area contributed by atoms with Crippen LogP contribution in [0.25, 0.3) is 22.0 Å². The number of amides is 1. The van der Waals surface area contributed by atoms with Gasteiger partial charge in [0.15, 0.2) is 0 Å². The number of fused-ring (bicyclic) bond motifs is 1. The van der Waals surface area contributed by atoms with Crippen LogP contribution in [0.4, 0.5) is 10.1 Å². The third-order valence-corrected chi connectivity index (χ3v) is 11.3. The van der Waals surface area contributed by atoms with E-state index < -0.39 is 0 Å². The number of phenols is 1. The number of anilines is 1. The number of rotatable bonds is 16. The van der Waals surface area contributed by atoms with Gasteiger partial charge in [-0.1, -0.05) is 66.5 Å². The minimum atomic E-state index is -0.322. The van der Waals surface area contributed by atoms with E-state index >= 15 is 0 Å². The molecule has 6 rings (SSSR count). The van der Waals surface area contributed by atoms with Crippen LogP contribution in [-0.4, -0.2) is 40.1 Å². The summed E-state index contributed by atoms with van der Waals surface area (Å²) in [6.07, 6.45) is 6.83. The second kappa shape index (κ2) is 19.3. The van der Waals surface area contributed by atoms with E-state index in [2.05, 4.69) is 68.5 Å². The molecule has 1 aliphatic rings. The Morgan fingerprint density at radius 3 is 2.25 bits per heavy atom. The zero-order valence-corrected chi connectivity index (χ0v) is 34.3. The van der Waals surface area contributed by atoms with E-state index in [9.17, 15) is 14.3 Å². The first-order chi connectivity index (χ1) is 26.5. The number of carbonyl (C=O) groups is 1. The van der Waals surface area contributed by atoms with E-state index in [0.29, 0.717) is 28.5 Å². The number of aryl methyl sites for hydroxylation is 1. The highest BCUT2D eigenvalue weighted by atomic mass is 19.1. The molecule has 1 saturated carbocycles. The summed E-state index contributed by atoms with van der Waals surface area (Å²) in [4.78, 5) is 16.0. The van der Waals surface area contributed by atoms with Crippen LogP contribution in [0.15, 0.2) is 78.9 Å². The van der Waals surface area contributed by atoms with Gasteiger partial charge in [0.05, 0.1) is 0 Å².